The minimum absolute atomic E-state index is 0.125. The van der Waals surface area contributed by atoms with E-state index in [4.69, 9.17) is 4.74 Å². The molecular weight excluding hydrogens is 386 g/mol. The molecule has 2 aromatic heterocycles. The summed E-state index contributed by atoms with van der Waals surface area (Å²) in [6.07, 6.45) is 1.77. The fourth-order valence-corrected chi connectivity index (χ4v) is 3.85. The van der Waals surface area contributed by atoms with Crippen LogP contribution in [0.2, 0.25) is 0 Å². The van der Waals surface area contributed by atoms with Crippen LogP contribution in [0.3, 0.4) is 0 Å². The molecule has 2 aromatic carbocycles. The number of carbonyl (C=O) groups is 1. The van der Waals surface area contributed by atoms with Crippen LogP contribution in [0.15, 0.2) is 65.6 Å². The highest BCUT2D eigenvalue weighted by Gasteiger charge is 2.12. The molecule has 6 nitrogen and oxygen atoms in total. The van der Waals surface area contributed by atoms with Gasteiger partial charge >= 0.3 is 0 Å². The van der Waals surface area contributed by atoms with E-state index in [1.54, 1.807) is 24.4 Å². The van der Waals surface area contributed by atoms with Crippen molar-refractivity contribution in [2.45, 2.75) is 20.5 Å². The van der Waals surface area contributed by atoms with Gasteiger partial charge in [0.25, 0.3) is 11.5 Å². The molecule has 7 heteroatoms. The maximum absolute atomic E-state index is 12.6. The van der Waals surface area contributed by atoms with E-state index in [9.17, 15) is 9.59 Å². The van der Waals surface area contributed by atoms with E-state index in [-0.39, 0.29) is 18.1 Å². The molecule has 1 amide bonds. The zero-order valence-corrected chi connectivity index (χ0v) is 16.8. The minimum Gasteiger partial charge on any atom is -0.485 e. The third-order valence-corrected chi connectivity index (χ3v) is 5.33. The molecule has 2 heterocycles. The lowest BCUT2D eigenvalue weighted by atomic mass is 10.1. The number of aryl methyl sites for hydroxylation is 2. The molecule has 0 unspecified atom stereocenters. The average molecular weight is 405 g/mol. The van der Waals surface area contributed by atoms with E-state index < -0.39 is 0 Å². The van der Waals surface area contributed by atoms with E-state index in [0.717, 1.165) is 10.4 Å². The highest BCUT2D eigenvalue weighted by molar-refractivity contribution is 7.16. The van der Waals surface area contributed by atoms with Crippen LogP contribution in [0, 0.1) is 13.8 Å². The van der Waals surface area contributed by atoms with Gasteiger partial charge in [0.15, 0.2) is 4.96 Å². The van der Waals surface area contributed by atoms with Crippen LogP contribution >= 0.6 is 11.3 Å². The van der Waals surface area contributed by atoms with Gasteiger partial charge in [0.1, 0.15) is 12.4 Å². The lowest BCUT2D eigenvalue weighted by Crippen LogP contribution is -2.15. The van der Waals surface area contributed by atoms with Gasteiger partial charge in [-0.25, -0.2) is 4.98 Å². The largest absolute Gasteiger partial charge is 0.485 e. The summed E-state index contributed by atoms with van der Waals surface area (Å²) in [5.74, 6) is 0.310. The van der Waals surface area contributed by atoms with Crippen molar-refractivity contribution in [3.63, 3.8) is 0 Å². The Bertz CT molecular complexity index is 1260. The number of ether oxygens (including phenoxy) is 1. The first kappa shape index (κ1) is 18.9. The quantitative estimate of drug-likeness (QED) is 0.540. The second kappa shape index (κ2) is 7.89. The SMILES string of the molecule is Cc1cn2c(=O)cc(COc3ccccc3NC(=O)c3ccccc3C)nc2s1. The van der Waals surface area contributed by atoms with Gasteiger partial charge in [-0.1, -0.05) is 30.3 Å². The molecule has 0 fully saturated rings. The maximum atomic E-state index is 12.6. The van der Waals surface area contributed by atoms with Crippen LogP contribution in [-0.2, 0) is 6.61 Å². The van der Waals surface area contributed by atoms with Gasteiger partial charge in [0.05, 0.1) is 11.4 Å². The summed E-state index contributed by atoms with van der Waals surface area (Å²) in [6, 6.07) is 16.1. The highest BCUT2D eigenvalue weighted by atomic mass is 32.1. The number of fused-ring (bicyclic) bond motifs is 1. The summed E-state index contributed by atoms with van der Waals surface area (Å²) < 4.78 is 7.41. The number of rotatable bonds is 5. The number of hydrogen-bond donors (Lipinski definition) is 1. The molecule has 29 heavy (non-hydrogen) atoms. The molecule has 0 saturated heterocycles. The number of aromatic nitrogens is 2. The number of carbonyl (C=O) groups excluding carboxylic acids is 1. The third-order valence-electron chi connectivity index (χ3n) is 4.44. The summed E-state index contributed by atoms with van der Waals surface area (Å²) in [7, 11) is 0. The van der Waals surface area contributed by atoms with Gasteiger partial charge in [-0.15, -0.1) is 11.3 Å². The average Bonchev–Trinajstić information content (AvgIpc) is 3.08. The highest BCUT2D eigenvalue weighted by Crippen LogP contribution is 2.25. The predicted molar refractivity (Wildman–Crippen MR) is 114 cm³/mol. The zero-order chi connectivity index (χ0) is 20.4. The number of para-hydroxylation sites is 2. The number of nitrogens with zero attached hydrogens (tertiary/aromatic N) is 2. The molecule has 0 aliphatic heterocycles. The number of amides is 1. The monoisotopic (exact) mass is 405 g/mol. The number of thiazole rings is 1. The fraction of sp³-hybridized carbons (Fsp3) is 0.136. The van der Waals surface area contributed by atoms with Crippen molar-refractivity contribution >= 4 is 27.9 Å². The van der Waals surface area contributed by atoms with Crippen molar-refractivity contribution in [2.24, 2.45) is 0 Å². The first-order valence-corrected chi connectivity index (χ1v) is 9.90. The van der Waals surface area contributed by atoms with E-state index in [1.165, 1.54) is 21.8 Å². The smallest absolute Gasteiger partial charge is 0.258 e. The Kier molecular flexibility index (Phi) is 5.14. The zero-order valence-electron chi connectivity index (χ0n) is 16.0. The molecule has 0 spiro atoms. The Morgan fingerprint density at radius 1 is 1.14 bits per heavy atom. The summed E-state index contributed by atoms with van der Waals surface area (Å²) in [6.45, 7) is 3.95. The van der Waals surface area contributed by atoms with Crippen molar-refractivity contribution in [3.8, 4) is 5.75 Å². The molecule has 4 rings (SSSR count). The molecule has 146 valence electrons. The second-order valence-electron chi connectivity index (χ2n) is 6.63. The van der Waals surface area contributed by atoms with Crippen LogP contribution in [0.25, 0.3) is 4.96 Å². The van der Waals surface area contributed by atoms with Gasteiger partial charge in [-0.2, -0.15) is 0 Å². The van der Waals surface area contributed by atoms with Crippen molar-refractivity contribution < 1.29 is 9.53 Å². The minimum atomic E-state index is -0.203. The lowest BCUT2D eigenvalue weighted by Gasteiger charge is -2.13. The maximum Gasteiger partial charge on any atom is 0.258 e. The van der Waals surface area contributed by atoms with Gasteiger partial charge in [0, 0.05) is 22.7 Å². The Hall–Kier alpha value is -3.45. The summed E-state index contributed by atoms with van der Waals surface area (Å²) in [5, 5.41) is 2.90. The lowest BCUT2D eigenvalue weighted by molar-refractivity contribution is 0.102. The van der Waals surface area contributed by atoms with Crippen LogP contribution in [-0.4, -0.2) is 15.3 Å². The molecular formula is C22H19N3O3S. The first-order chi connectivity index (χ1) is 14.0. The van der Waals surface area contributed by atoms with E-state index >= 15 is 0 Å². The van der Waals surface area contributed by atoms with Crippen LogP contribution in [0.4, 0.5) is 5.69 Å². The van der Waals surface area contributed by atoms with Crippen LogP contribution in [0.1, 0.15) is 26.5 Å². The second-order valence-corrected chi connectivity index (χ2v) is 7.85. The Balaban J connectivity index is 1.54. The molecule has 0 atom stereocenters. The summed E-state index contributed by atoms with van der Waals surface area (Å²) in [4.78, 5) is 31.0. The van der Waals surface area contributed by atoms with Gasteiger partial charge in [0.2, 0.25) is 0 Å². The van der Waals surface area contributed by atoms with Crippen molar-refractivity contribution in [2.75, 3.05) is 5.32 Å². The number of benzene rings is 2. The van der Waals surface area contributed by atoms with Crippen molar-refractivity contribution in [3.05, 3.63) is 92.8 Å². The Morgan fingerprint density at radius 2 is 1.90 bits per heavy atom. The van der Waals surface area contributed by atoms with Crippen molar-refractivity contribution in [1.82, 2.24) is 9.38 Å². The van der Waals surface area contributed by atoms with Crippen molar-refractivity contribution in [1.29, 1.82) is 0 Å². The molecule has 0 aliphatic rings. The molecule has 4 aromatic rings. The summed E-state index contributed by atoms with van der Waals surface area (Å²) in [5.41, 5.74) is 2.46. The van der Waals surface area contributed by atoms with E-state index in [1.807, 2.05) is 44.2 Å². The Labute approximate surface area is 171 Å². The standard InChI is InChI=1S/C22H19N3O3S/c1-14-7-3-4-8-17(14)21(27)24-18-9-5-6-10-19(18)28-13-16-11-20(26)25-12-15(2)29-22(25)23-16/h3-12H,13H2,1-2H3,(H,24,27). The topological polar surface area (TPSA) is 72.7 Å². The number of hydrogen-bond acceptors (Lipinski definition) is 5. The molecule has 1 N–H and O–H groups in total. The van der Waals surface area contributed by atoms with Crippen LogP contribution in [0.5, 0.6) is 5.75 Å². The normalized spacial score (nSPS) is 10.8. The van der Waals surface area contributed by atoms with Gasteiger partial charge < -0.3 is 10.1 Å². The Morgan fingerprint density at radius 3 is 2.72 bits per heavy atom. The van der Waals surface area contributed by atoms with Crippen LogP contribution < -0.4 is 15.6 Å². The molecule has 0 aliphatic carbocycles. The number of nitrogens with one attached hydrogen (secondary N) is 1. The first-order valence-electron chi connectivity index (χ1n) is 9.09. The molecule has 0 bridgehead atoms. The van der Waals surface area contributed by atoms with E-state index in [2.05, 4.69) is 10.3 Å². The fourth-order valence-electron chi connectivity index (χ4n) is 3.00. The molecule has 0 radical (unpaired) electrons. The number of anilines is 1. The summed E-state index contributed by atoms with van der Waals surface area (Å²) >= 11 is 1.45. The molecule has 0 saturated carbocycles. The van der Waals surface area contributed by atoms with E-state index in [0.29, 0.717) is 27.7 Å². The third kappa shape index (κ3) is 4.05. The predicted octanol–water partition coefficient (Wildman–Crippen LogP) is 4.20. The van der Waals surface area contributed by atoms with Gasteiger partial charge in [-0.05, 0) is 37.6 Å². The van der Waals surface area contributed by atoms with Gasteiger partial charge in [-0.3, -0.25) is 14.0 Å².